The van der Waals surface area contributed by atoms with Gasteiger partial charge in [0.15, 0.2) is 0 Å². The van der Waals surface area contributed by atoms with Crippen molar-refractivity contribution in [2.24, 2.45) is 0 Å². The first-order chi connectivity index (χ1) is 13.4. The summed E-state index contributed by atoms with van der Waals surface area (Å²) >= 11 is 6.25. The summed E-state index contributed by atoms with van der Waals surface area (Å²) < 4.78 is 5.14. The Balaban J connectivity index is 1.95. The summed E-state index contributed by atoms with van der Waals surface area (Å²) in [5.74, 6) is 0.192. The summed E-state index contributed by atoms with van der Waals surface area (Å²) in [6.07, 6.45) is 3.03. The zero-order valence-corrected chi connectivity index (χ0v) is 16.5. The van der Waals surface area contributed by atoms with E-state index in [1.54, 1.807) is 30.3 Å². The van der Waals surface area contributed by atoms with Gasteiger partial charge in [0.2, 0.25) is 0 Å². The minimum atomic E-state index is -0.434. The Hall–Kier alpha value is -2.80. The molecule has 0 spiro atoms. The molecule has 0 aromatic heterocycles. The van der Waals surface area contributed by atoms with Gasteiger partial charge in [-0.25, -0.2) is 0 Å². The highest BCUT2D eigenvalue weighted by Crippen LogP contribution is 2.39. The smallest absolute Gasteiger partial charge is 0.294 e. The number of halogens is 1. The molecular formula is C20H22ClN3O4. The number of nitrogens with one attached hydrogen (secondary N) is 1. The third kappa shape index (κ3) is 4.20. The first kappa shape index (κ1) is 19.9. The maximum Gasteiger partial charge on any atom is 0.294 e. The number of hydrogen-bond acceptors (Lipinski definition) is 5. The molecule has 28 heavy (non-hydrogen) atoms. The number of anilines is 2. The van der Waals surface area contributed by atoms with Crippen molar-refractivity contribution in [3.63, 3.8) is 0 Å². The van der Waals surface area contributed by atoms with E-state index >= 15 is 0 Å². The summed E-state index contributed by atoms with van der Waals surface area (Å²) in [4.78, 5) is 25.8. The molecule has 1 aliphatic heterocycles. The van der Waals surface area contributed by atoms with Gasteiger partial charge in [0, 0.05) is 24.2 Å². The van der Waals surface area contributed by atoms with Crippen LogP contribution in [0.4, 0.5) is 17.1 Å². The molecule has 1 heterocycles. The number of nitrogens with zero attached hydrogens (tertiary/aromatic N) is 2. The van der Waals surface area contributed by atoms with Crippen LogP contribution < -0.4 is 15.0 Å². The predicted octanol–water partition coefficient (Wildman–Crippen LogP) is 4.89. The molecule has 7 nitrogen and oxygen atoms in total. The molecule has 0 aliphatic carbocycles. The van der Waals surface area contributed by atoms with Crippen LogP contribution in [-0.2, 0) is 0 Å². The number of benzene rings is 2. The molecule has 0 unspecified atom stereocenters. The SMILES string of the molecule is COc1cccc(C(=O)Nc2cc(N3CCCC[C@@H]3C)c([N+](=O)[O-])cc2Cl)c1. The predicted molar refractivity (Wildman–Crippen MR) is 110 cm³/mol. The molecule has 1 amide bonds. The minimum Gasteiger partial charge on any atom is -0.497 e. The Bertz CT molecular complexity index is 903. The van der Waals surface area contributed by atoms with Crippen molar-refractivity contribution in [1.82, 2.24) is 0 Å². The summed E-state index contributed by atoms with van der Waals surface area (Å²) in [7, 11) is 1.52. The van der Waals surface area contributed by atoms with E-state index < -0.39 is 4.92 Å². The van der Waals surface area contributed by atoms with E-state index in [0.29, 0.717) is 22.7 Å². The van der Waals surface area contributed by atoms with Gasteiger partial charge in [-0.05, 0) is 50.5 Å². The average molecular weight is 404 g/mol. The zero-order chi connectivity index (χ0) is 20.3. The zero-order valence-electron chi connectivity index (χ0n) is 15.8. The molecule has 1 fully saturated rings. The molecule has 1 aliphatic rings. The number of piperidine rings is 1. The number of nitro benzene ring substituents is 1. The van der Waals surface area contributed by atoms with Crippen LogP contribution in [0.25, 0.3) is 0 Å². The van der Waals surface area contributed by atoms with Crippen LogP contribution in [0.3, 0.4) is 0 Å². The van der Waals surface area contributed by atoms with Crippen molar-refractivity contribution in [1.29, 1.82) is 0 Å². The fourth-order valence-corrected chi connectivity index (χ4v) is 3.64. The fourth-order valence-electron chi connectivity index (χ4n) is 3.44. The van der Waals surface area contributed by atoms with Gasteiger partial charge in [0.05, 0.1) is 22.7 Å². The Morgan fingerprint density at radius 3 is 2.79 bits per heavy atom. The Labute approximate surface area is 168 Å². The van der Waals surface area contributed by atoms with Crippen molar-refractivity contribution in [2.75, 3.05) is 23.9 Å². The van der Waals surface area contributed by atoms with Crippen molar-refractivity contribution in [3.8, 4) is 5.75 Å². The first-order valence-electron chi connectivity index (χ1n) is 9.10. The van der Waals surface area contributed by atoms with Crippen LogP contribution in [0.15, 0.2) is 36.4 Å². The number of amides is 1. The summed E-state index contributed by atoms with van der Waals surface area (Å²) in [5, 5.41) is 14.5. The van der Waals surface area contributed by atoms with Crippen LogP contribution in [0.5, 0.6) is 5.75 Å². The fraction of sp³-hybridized carbons (Fsp3) is 0.350. The molecule has 3 rings (SSSR count). The quantitative estimate of drug-likeness (QED) is 0.567. The minimum absolute atomic E-state index is 0.0573. The van der Waals surface area contributed by atoms with Gasteiger partial charge in [0.25, 0.3) is 11.6 Å². The van der Waals surface area contributed by atoms with Crippen LogP contribution in [-0.4, -0.2) is 30.5 Å². The number of hydrogen-bond donors (Lipinski definition) is 1. The molecule has 148 valence electrons. The van der Waals surface area contributed by atoms with E-state index in [4.69, 9.17) is 16.3 Å². The Morgan fingerprint density at radius 2 is 2.11 bits per heavy atom. The van der Waals surface area contributed by atoms with Gasteiger partial charge >= 0.3 is 0 Å². The number of carbonyl (C=O) groups is 1. The topological polar surface area (TPSA) is 84.7 Å². The summed E-state index contributed by atoms with van der Waals surface area (Å²) in [6, 6.07) is 9.81. The molecule has 0 radical (unpaired) electrons. The largest absolute Gasteiger partial charge is 0.497 e. The van der Waals surface area contributed by atoms with Crippen LogP contribution in [0.1, 0.15) is 36.5 Å². The summed E-state index contributed by atoms with van der Waals surface area (Å²) in [6.45, 7) is 2.78. The second-order valence-electron chi connectivity index (χ2n) is 6.80. The van der Waals surface area contributed by atoms with Crippen LogP contribution >= 0.6 is 11.6 Å². The van der Waals surface area contributed by atoms with Crippen molar-refractivity contribution >= 4 is 34.6 Å². The molecule has 1 N–H and O–H groups in total. The highest BCUT2D eigenvalue weighted by Gasteiger charge is 2.27. The third-order valence-corrected chi connectivity index (χ3v) is 5.27. The third-order valence-electron chi connectivity index (χ3n) is 4.95. The Morgan fingerprint density at radius 1 is 1.32 bits per heavy atom. The number of methoxy groups -OCH3 is 1. The number of rotatable bonds is 5. The highest BCUT2D eigenvalue weighted by molar-refractivity contribution is 6.34. The van der Waals surface area contributed by atoms with E-state index in [2.05, 4.69) is 5.32 Å². The molecule has 1 atom stereocenters. The average Bonchev–Trinajstić information content (AvgIpc) is 2.69. The molecule has 1 saturated heterocycles. The normalized spacial score (nSPS) is 16.5. The van der Waals surface area contributed by atoms with E-state index in [1.807, 2.05) is 11.8 Å². The monoisotopic (exact) mass is 403 g/mol. The molecular weight excluding hydrogens is 382 g/mol. The molecule has 2 aromatic carbocycles. The van der Waals surface area contributed by atoms with Gasteiger partial charge < -0.3 is 15.0 Å². The van der Waals surface area contributed by atoms with Crippen molar-refractivity contribution in [2.45, 2.75) is 32.2 Å². The highest BCUT2D eigenvalue weighted by atomic mass is 35.5. The Kier molecular flexibility index (Phi) is 6.04. The molecule has 0 bridgehead atoms. The van der Waals surface area contributed by atoms with Gasteiger partial charge in [-0.15, -0.1) is 0 Å². The van der Waals surface area contributed by atoms with Crippen LogP contribution in [0.2, 0.25) is 5.02 Å². The molecule has 0 saturated carbocycles. The molecule has 2 aromatic rings. The summed E-state index contributed by atoms with van der Waals surface area (Å²) in [5.41, 5.74) is 1.16. The lowest BCUT2D eigenvalue weighted by molar-refractivity contribution is -0.384. The van der Waals surface area contributed by atoms with E-state index in [-0.39, 0.29) is 22.7 Å². The molecule has 8 heteroatoms. The van der Waals surface area contributed by atoms with Crippen molar-refractivity contribution < 1.29 is 14.5 Å². The lowest BCUT2D eigenvalue weighted by Crippen LogP contribution is -2.37. The van der Waals surface area contributed by atoms with E-state index in [1.165, 1.54) is 13.2 Å². The van der Waals surface area contributed by atoms with E-state index in [0.717, 1.165) is 25.8 Å². The van der Waals surface area contributed by atoms with Gasteiger partial charge in [-0.3, -0.25) is 14.9 Å². The maximum absolute atomic E-state index is 12.6. The van der Waals surface area contributed by atoms with Gasteiger partial charge in [0.1, 0.15) is 11.4 Å². The van der Waals surface area contributed by atoms with E-state index in [9.17, 15) is 14.9 Å². The van der Waals surface area contributed by atoms with Gasteiger partial charge in [-0.1, -0.05) is 17.7 Å². The lowest BCUT2D eigenvalue weighted by Gasteiger charge is -2.35. The second kappa shape index (κ2) is 8.48. The first-order valence-corrected chi connectivity index (χ1v) is 9.48. The number of ether oxygens (including phenoxy) is 1. The van der Waals surface area contributed by atoms with Gasteiger partial charge in [-0.2, -0.15) is 0 Å². The van der Waals surface area contributed by atoms with Crippen LogP contribution in [0, 0.1) is 10.1 Å². The number of carbonyl (C=O) groups excluding carboxylic acids is 1. The maximum atomic E-state index is 12.6. The standard InChI is InChI=1S/C20H22ClN3O4/c1-13-6-3-4-9-23(13)18-12-17(16(21)11-19(18)24(26)27)22-20(25)14-7-5-8-15(10-14)28-2/h5,7-8,10-13H,3-4,6,9H2,1-2H3,(H,22,25)/t13-/m0/s1. The second-order valence-corrected chi connectivity index (χ2v) is 7.21. The lowest BCUT2D eigenvalue weighted by atomic mass is 10.0. The van der Waals surface area contributed by atoms with Crippen molar-refractivity contribution in [3.05, 3.63) is 57.1 Å². The number of nitro groups is 1.